The number of nitrogens with one attached hydrogen (secondary N) is 2. The molecule has 3 rings (SSSR count). The van der Waals surface area contributed by atoms with Gasteiger partial charge in [0.05, 0.1) is 27.3 Å². The number of hydrogen-bond donors (Lipinski definition) is 4. The van der Waals surface area contributed by atoms with Crippen LogP contribution in [0.5, 0.6) is 5.75 Å². The lowest BCUT2D eigenvalue weighted by Crippen LogP contribution is -2.24. The Hall–Kier alpha value is -3.44. The number of nitrogens with zero attached hydrogens (tertiary/aromatic N) is 1. The van der Waals surface area contributed by atoms with Crippen LogP contribution in [0.2, 0.25) is 0 Å². The minimum Gasteiger partial charge on any atom is -0.506 e. The molecule has 0 aliphatic rings. The Kier molecular flexibility index (Phi) is 6.80. The number of aromatic carboxylic acids is 1. The van der Waals surface area contributed by atoms with Crippen molar-refractivity contribution in [1.29, 1.82) is 0 Å². The number of thiocarbonyl (C=S) groups is 1. The summed E-state index contributed by atoms with van der Waals surface area (Å²) in [5.74, 6) is -1.22. The van der Waals surface area contributed by atoms with Gasteiger partial charge < -0.3 is 15.5 Å². The molecule has 0 saturated carbocycles. The van der Waals surface area contributed by atoms with Gasteiger partial charge in [-0.05, 0) is 61.1 Å². The first-order valence-electron chi connectivity index (χ1n) is 8.99. The maximum Gasteiger partial charge on any atom is 0.416 e. The molecule has 2 aromatic carbocycles. The lowest BCUT2D eigenvalue weighted by atomic mass is 10.1. The maximum absolute atomic E-state index is 13.0. The molecule has 4 N–H and O–H groups in total. The van der Waals surface area contributed by atoms with Crippen LogP contribution in [0.25, 0.3) is 10.4 Å². The highest BCUT2D eigenvalue weighted by molar-refractivity contribution is 7.80. The van der Waals surface area contributed by atoms with E-state index >= 15 is 0 Å². The Labute approximate surface area is 190 Å². The summed E-state index contributed by atoms with van der Waals surface area (Å²) in [6.07, 6.45) is -4.48. The van der Waals surface area contributed by atoms with Crippen molar-refractivity contribution in [2.24, 2.45) is 5.10 Å². The predicted octanol–water partition coefficient (Wildman–Crippen LogP) is 5.55. The van der Waals surface area contributed by atoms with Gasteiger partial charge in [0.15, 0.2) is 5.11 Å². The van der Waals surface area contributed by atoms with Crippen LogP contribution in [0, 0.1) is 0 Å². The Morgan fingerprint density at radius 3 is 2.47 bits per heavy atom. The van der Waals surface area contributed by atoms with Crippen molar-refractivity contribution >= 4 is 46.0 Å². The molecule has 0 aliphatic carbocycles. The van der Waals surface area contributed by atoms with E-state index in [1.54, 1.807) is 24.4 Å². The Morgan fingerprint density at radius 2 is 1.84 bits per heavy atom. The van der Waals surface area contributed by atoms with E-state index in [2.05, 4.69) is 15.8 Å². The van der Waals surface area contributed by atoms with E-state index in [0.29, 0.717) is 21.8 Å². The van der Waals surface area contributed by atoms with E-state index in [1.807, 2.05) is 0 Å². The number of carboxylic acid groups (broad SMARTS) is 1. The number of halogens is 3. The summed E-state index contributed by atoms with van der Waals surface area (Å²) >= 11 is 6.24. The molecule has 0 saturated heterocycles. The molecular weight excluding hydrogens is 463 g/mol. The van der Waals surface area contributed by atoms with Crippen LogP contribution in [0.15, 0.2) is 59.0 Å². The van der Waals surface area contributed by atoms with Crippen molar-refractivity contribution < 1.29 is 28.2 Å². The van der Waals surface area contributed by atoms with Gasteiger partial charge in [0, 0.05) is 11.1 Å². The third-order valence-electron chi connectivity index (χ3n) is 4.32. The highest BCUT2D eigenvalue weighted by Crippen LogP contribution is 2.40. The van der Waals surface area contributed by atoms with Gasteiger partial charge in [0.25, 0.3) is 0 Å². The number of benzene rings is 2. The van der Waals surface area contributed by atoms with E-state index in [1.165, 1.54) is 24.3 Å². The molecule has 32 heavy (non-hydrogen) atoms. The van der Waals surface area contributed by atoms with Crippen molar-refractivity contribution in [3.8, 4) is 16.2 Å². The van der Waals surface area contributed by atoms with Gasteiger partial charge in [0.1, 0.15) is 5.75 Å². The molecule has 0 fully saturated rings. The SMILES string of the molecule is C/C(=N/NC(=S)Nc1ccc(C(=O)O)cc1)c1csc(-c2cccc(C(F)(F)F)c2)c1O. The molecular formula is C21H16F3N3O3S2. The molecule has 0 amide bonds. The molecule has 0 spiro atoms. The zero-order chi connectivity index (χ0) is 23.5. The molecule has 0 radical (unpaired) electrons. The average Bonchev–Trinajstić information content (AvgIpc) is 3.13. The zero-order valence-corrected chi connectivity index (χ0v) is 18.0. The van der Waals surface area contributed by atoms with E-state index < -0.39 is 17.7 Å². The second-order valence-electron chi connectivity index (χ2n) is 6.55. The fourth-order valence-corrected chi connectivity index (χ4v) is 3.87. The minimum atomic E-state index is -4.48. The quantitative estimate of drug-likeness (QED) is 0.218. The number of carbonyl (C=O) groups is 1. The molecule has 0 atom stereocenters. The molecule has 0 bridgehead atoms. The lowest BCUT2D eigenvalue weighted by Gasteiger charge is -2.09. The molecule has 6 nitrogen and oxygen atoms in total. The van der Waals surface area contributed by atoms with Crippen LogP contribution in [0.3, 0.4) is 0 Å². The largest absolute Gasteiger partial charge is 0.506 e. The van der Waals surface area contributed by atoms with Gasteiger partial charge in [0.2, 0.25) is 0 Å². The second-order valence-corrected chi connectivity index (χ2v) is 7.84. The predicted molar refractivity (Wildman–Crippen MR) is 121 cm³/mol. The normalized spacial score (nSPS) is 11.8. The molecule has 1 heterocycles. The number of hydrogen-bond acceptors (Lipinski definition) is 5. The van der Waals surface area contributed by atoms with Crippen molar-refractivity contribution in [2.75, 3.05) is 5.32 Å². The Bertz CT molecular complexity index is 1190. The number of hydrazone groups is 1. The number of alkyl halides is 3. The zero-order valence-electron chi connectivity index (χ0n) is 16.4. The third-order valence-corrected chi connectivity index (χ3v) is 5.53. The molecule has 3 aromatic rings. The molecule has 11 heteroatoms. The van der Waals surface area contributed by atoms with Crippen molar-refractivity contribution in [3.63, 3.8) is 0 Å². The van der Waals surface area contributed by atoms with Crippen LogP contribution in [-0.2, 0) is 6.18 Å². The summed E-state index contributed by atoms with van der Waals surface area (Å²) in [5.41, 5.74) is 3.45. The Balaban J connectivity index is 1.72. The first-order valence-corrected chi connectivity index (χ1v) is 10.3. The average molecular weight is 480 g/mol. The smallest absolute Gasteiger partial charge is 0.416 e. The van der Waals surface area contributed by atoms with Crippen molar-refractivity contribution in [1.82, 2.24) is 5.43 Å². The monoisotopic (exact) mass is 479 g/mol. The Morgan fingerprint density at radius 1 is 1.16 bits per heavy atom. The summed E-state index contributed by atoms with van der Waals surface area (Å²) in [7, 11) is 0. The van der Waals surface area contributed by atoms with Gasteiger partial charge >= 0.3 is 12.1 Å². The number of carboxylic acids is 1. The van der Waals surface area contributed by atoms with Crippen LogP contribution in [-0.4, -0.2) is 27.0 Å². The van der Waals surface area contributed by atoms with Crippen molar-refractivity contribution in [2.45, 2.75) is 13.1 Å². The molecule has 0 aliphatic heterocycles. The fraction of sp³-hybridized carbons (Fsp3) is 0.0952. The summed E-state index contributed by atoms with van der Waals surface area (Å²) in [6, 6.07) is 10.6. The standard InChI is InChI=1S/C21H16F3N3O3S2/c1-11(26-27-20(31)25-15-7-5-12(6-8-15)19(29)30)16-10-32-18(17(16)28)13-3-2-4-14(9-13)21(22,23)24/h2-10,28H,1H3,(H,29,30)(H2,25,27,31)/b26-11-. The third kappa shape index (κ3) is 5.42. The summed E-state index contributed by atoms with van der Waals surface area (Å²) < 4.78 is 38.9. The molecule has 0 unspecified atom stereocenters. The maximum atomic E-state index is 13.0. The summed E-state index contributed by atoms with van der Waals surface area (Å²) in [5, 5.41) is 28.1. The number of thiophene rings is 1. The van der Waals surface area contributed by atoms with E-state index in [-0.39, 0.29) is 22.0 Å². The van der Waals surface area contributed by atoms with Crippen molar-refractivity contribution in [3.05, 3.63) is 70.6 Å². The first-order chi connectivity index (χ1) is 15.1. The minimum absolute atomic E-state index is 0.125. The van der Waals surface area contributed by atoms with Crippen LogP contribution in [0.1, 0.15) is 28.4 Å². The number of aromatic hydroxyl groups is 1. The van der Waals surface area contributed by atoms with Crippen LogP contribution < -0.4 is 10.7 Å². The second kappa shape index (κ2) is 9.37. The molecule has 166 valence electrons. The van der Waals surface area contributed by atoms with Gasteiger partial charge in [-0.25, -0.2) is 4.79 Å². The fourth-order valence-electron chi connectivity index (χ4n) is 2.70. The number of anilines is 1. The molecule has 1 aromatic heterocycles. The van der Waals surface area contributed by atoms with Gasteiger partial charge in [-0.2, -0.15) is 18.3 Å². The lowest BCUT2D eigenvalue weighted by molar-refractivity contribution is -0.137. The highest BCUT2D eigenvalue weighted by atomic mass is 32.1. The van der Waals surface area contributed by atoms with E-state index in [4.69, 9.17) is 17.3 Å². The first kappa shape index (κ1) is 23.2. The summed E-state index contributed by atoms with van der Waals surface area (Å²) in [6.45, 7) is 1.61. The summed E-state index contributed by atoms with van der Waals surface area (Å²) in [4.78, 5) is 11.2. The van der Waals surface area contributed by atoms with E-state index in [0.717, 1.165) is 23.5 Å². The van der Waals surface area contributed by atoms with E-state index in [9.17, 15) is 23.1 Å². The van der Waals surface area contributed by atoms with Crippen LogP contribution >= 0.6 is 23.6 Å². The van der Waals surface area contributed by atoms with Gasteiger partial charge in [-0.15, -0.1) is 11.3 Å². The topological polar surface area (TPSA) is 94.0 Å². The number of rotatable bonds is 5. The highest BCUT2D eigenvalue weighted by Gasteiger charge is 2.30. The van der Waals surface area contributed by atoms with Gasteiger partial charge in [-0.1, -0.05) is 12.1 Å². The van der Waals surface area contributed by atoms with Crippen LogP contribution in [0.4, 0.5) is 18.9 Å². The van der Waals surface area contributed by atoms with Gasteiger partial charge in [-0.3, -0.25) is 5.43 Å².